The molecule has 2 aromatic rings. The van der Waals surface area contributed by atoms with E-state index in [4.69, 9.17) is 0 Å². The molecule has 15 heavy (non-hydrogen) atoms. The summed E-state index contributed by atoms with van der Waals surface area (Å²) in [5, 5.41) is 0.352. The molecule has 0 spiro atoms. The van der Waals surface area contributed by atoms with Gasteiger partial charge in [0, 0.05) is 17.9 Å². The molecule has 0 aliphatic carbocycles. The molecule has 0 aliphatic rings. The lowest BCUT2D eigenvalue weighted by Crippen LogP contribution is -1.97. The molecule has 0 fully saturated rings. The van der Waals surface area contributed by atoms with Crippen LogP contribution in [0.4, 0.5) is 8.78 Å². The smallest absolute Gasteiger partial charge is 0.152 e. The lowest BCUT2D eigenvalue weighted by molar-refractivity contribution is 0.589. The molecule has 0 amide bonds. The number of nitrogens with zero attached hydrogens (tertiary/aromatic N) is 2. The van der Waals surface area contributed by atoms with Crippen LogP contribution in [0.15, 0.2) is 16.7 Å². The van der Waals surface area contributed by atoms with E-state index in [0.717, 1.165) is 6.07 Å². The monoisotopic (exact) mass is 272 g/mol. The first-order valence-electron chi connectivity index (χ1n) is 4.43. The van der Waals surface area contributed by atoms with Gasteiger partial charge in [0.15, 0.2) is 5.82 Å². The highest BCUT2D eigenvalue weighted by atomic mass is 79.9. The predicted octanol–water partition coefficient (Wildman–Crippen LogP) is 3.23. The maximum Gasteiger partial charge on any atom is 0.152 e. The zero-order chi connectivity index (χ0) is 11.0. The van der Waals surface area contributed by atoms with Gasteiger partial charge in [-0.3, -0.25) is 0 Å². The SMILES string of the molecule is CCc1nc(Br)c2cc(F)cc(F)c2n1. The number of benzene rings is 1. The van der Waals surface area contributed by atoms with E-state index in [1.807, 2.05) is 6.92 Å². The molecule has 78 valence electrons. The zero-order valence-electron chi connectivity index (χ0n) is 7.89. The fourth-order valence-electron chi connectivity index (χ4n) is 1.32. The number of aryl methyl sites for hydroxylation is 1. The quantitative estimate of drug-likeness (QED) is 0.745. The van der Waals surface area contributed by atoms with Gasteiger partial charge in [-0.2, -0.15) is 0 Å². The third-order valence-electron chi connectivity index (χ3n) is 2.03. The molecule has 0 N–H and O–H groups in total. The molecule has 0 saturated carbocycles. The van der Waals surface area contributed by atoms with Gasteiger partial charge in [0.25, 0.3) is 0 Å². The highest BCUT2D eigenvalue weighted by Gasteiger charge is 2.10. The van der Waals surface area contributed by atoms with E-state index < -0.39 is 11.6 Å². The van der Waals surface area contributed by atoms with Gasteiger partial charge in [-0.05, 0) is 22.0 Å². The molecule has 2 rings (SSSR count). The van der Waals surface area contributed by atoms with E-state index in [1.165, 1.54) is 6.07 Å². The molecule has 0 saturated heterocycles. The second-order valence-corrected chi connectivity index (χ2v) is 3.82. The Morgan fingerprint density at radius 2 is 2.00 bits per heavy atom. The van der Waals surface area contributed by atoms with Crippen LogP contribution < -0.4 is 0 Å². The summed E-state index contributed by atoms with van der Waals surface area (Å²) in [6.07, 6.45) is 0.603. The van der Waals surface area contributed by atoms with Crippen molar-refractivity contribution in [3.63, 3.8) is 0 Å². The third kappa shape index (κ3) is 1.84. The lowest BCUT2D eigenvalue weighted by Gasteiger charge is -2.03. The van der Waals surface area contributed by atoms with Crippen LogP contribution in [0, 0.1) is 11.6 Å². The van der Waals surface area contributed by atoms with Crippen LogP contribution in [-0.2, 0) is 6.42 Å². The molecule has 0 radical (unpaired) electrons. The predicted molar refractivity (Wildman–Crippen MR) is 56.5 cm³/mol. The van der Waals surface area contributed by atoms with Gasteiger partial charge in [-0.25, -0.2) is 18.7 Å². The Morgan fingerprint density at radius 1 is 1.27 bits per heavy atom. The first-order valence-corrected chi connectivity index (χ1v) is 5.22. The Hall–Kier alpha value is -1.10. The van der Waals surface area contributed by atoms with Crippen molar-refractivity contribution in [2.24, 2.45) is 0 Å². The maximum absolute atomic E-state index is 13.4. The Balaban J connectivity index is 2.85. The van der Waals surface area contributed by atoms with Gasteiger partial charge in [-0.15, -0.1) is 0 Å². The fraction of sp³-hybridized carbons (Fsp3) is 0.200. The Kier molecular flexibility index (Phi) is 2.65. The van der Waals surface area contributed by atoms with Crippen LogP contribution in [0.5, 0.6) is 0 Å². The standard InChI is InChI=1S/C10H7BrF2N2/c1-2-8-14-9-6(10(11)15-8)3-5(12)4-7(9)13/h3-4H,2H2,1H3. The van der Waals surface area contributed by atoms with Crippen LogP contribution in [0.25, 0.3) is 10.9 Å². The minimum absolute atomic E-state index is 0.148. The van der Waals surface area contributed by atoms with Gasteiger partial charge < -0.3 is 0 Å². The van der Waals surface area contributed by atoms with Crippen molar-refractivity contribution < 1.29 is 8.78 Å². The number of rotatable bonds is 1. The second kappa shape index (κ2) is 3.81. The van der Waals surface area contributed by atoms with E-state index in [2.05, 4.69) is 25.9 Å². The van der Waals surface area contributed by atoms with Crippen LogP contribution >= 0.6 is 15.9 Å². The van der Waals surface area contributed by atoms with E-state index in [0.29, 0.717) is 22.2 Å². The highest BCUT2D eigenvalue weighted by molar-refractivity contribution is 9.10. The number of hydrogen-bond acceptors (Lipinski definition) is 2. The van der Waals surface area contributed by atoms with Crippen molar-refractivity contribution in [3.8, 4) is 0 Å². The highest BCUT2D eigenvalue weighted by Crippen LogP contribution is 2.24. The van der Waals surface area contributed by atoms with Gasteiger partial charge in [0.05, 0.1) is 0 Å². The Labute approximate surface area is 93.5 Å². The molecule has 0 aliphatic heterocycles. The maximum atomic E-state index is 13.4. The molecule has 2 nitrogen and oxygen atoms in total. The van der Waals surface area contributed by atoms with E-state index in [1.54, 1.807) is 0 Å². The van der Waals surface area contributed by atoms with Crippen molar-refractivity contribution >= 4 is 26.8 Å². The first kappa shape index (κ1) is 10.4. The zero-order valence-corrected chi connectivity index (χ0v) is 9.48. The summed E-state index contributed by atoms with van der Waals surface area (Å²) >= 11 is 3.17. The molecule has 0 bridgehead atoms. The molecular formula is C10H7BrF2N2. The Bertz CT molecular complexity index is 528. The first-order chi connectivity index (χ1) is 7.11. The Morgan fingerprint density at radius 3 is 2.67 bits per heavy atom. The summed E-state index contributed by atoms with van der Waals surface area (Å²) < 4.78 is 26.8. The summed E-state index contributed by atoms with van der Waals surface area (Å²) in [5.41, 5.74) is 0.148. The molecule has 5 heteroatoms. The average Bonchev–Trinajstić information content (AvgIpc) is 2.19. The average molecular weight is 273 g/mol. The molecule has 0 unspecified atom stereocenters. The van der Waals surface area contributed by atoms with Gasteiger partial charge in [0.2, 0.25) is 0 Å². The normalized spacial score (nSPS) is 10.9. The van der Waals surface area contributed by atoms with E-state index in [9.17, 15) is 8.78 Å². The molecule has 1 heterocycles. The van der Waals surface area contributed by atoms with Gasteiger partial charge in [0.1, 0.15) is 21.8 Å². The van der Waals surface area contributed by atoms with Crippen LogP contribution in [0.2, 0.25) is 0 Å². The van der Waals surface area contributed by atoms with Crippen molar-refractivity contribution in [1.29, 1.82) is 0 Å². The summed E-state index contributed by atoms with van der Waals surface area (Å²) in [7, 11) is 0. The minimum Gasteiger partial charge on any atom is -0.230 e. The lowest BCUT2D eigenvalue weighted by atomic mass is 10.2. The molecule has 0 atom stereocenters. The van der Waals surface area contributed by atoms with Crippen LogP contribution in [-0.4, -0.2) is 9.97 Å². The van der Waals surface area contributed by atoms with Crippen LogP contribution in [0.1, 0.15) is 12.7 Å². The summed E-state index contributed by atoms with van der Waals surface area (Å²) in [6, 6.07) is 2.03. The number of aromatic nitrogens is 2. The largest absolute Gasteiger partial charge is 0.230 e. The summed E-state index contributed by atoms with van der Waals surface area (Å²) in [5.74, 6) is -0.767. The minimum atomic E-state index is -0.664. The van der Waals surface area contributed by atoms with Gasteiger partial charge in [-0.1, -0.05) is 6.92 Å². The molecule has 1 aromatic carbocycles. The van der Waals surface area contributed by atoms with E-state index in [-0.39, 0.29) is 5.52 Å². The van der Waals surface area contributed by atoms with Crippen molar-refractivity contribution in [2.75, 3.05) is 0 Å². The number of fused-ring (bicyclic) bond motifs is 1. The summed E-state index contributed by atoms with van der Waals surface area (Å²) in [6.45, 7) is 1.87. The third-order valence-corrected chi connectivity index (χ3v) is 2.64. The van der Waals surface area contributed by atoms with Crippen molar-refractivity contribution in [1.82, 2.24) is 9.97 Å². The van der Waals surface area contributed by atoms with Crippen molar-refractivity contribution in [3.05, 3.63) is 34.2 Å². The number of halogens is 3. The molecular weight excluding hydrogens is 266 g/mol. The number of hydrogen-bond donors (Lipinski definition) is 0. The molecule has 1 aromatic heterocycles. The van der Waals surface area contributed by atoms with E-state index >= 15 is 0 Å². The second-order valence-electron chi connectivity index (χ2n) is 3.07. The summed E-state index contributed by atoms with van der Waals surface area (Å²) in [4.78, 5) is 8.09. The topological polar surface area (TPSA) is 25.8 Å². The fourth-order valence-corrected chi connectivity index (χ4v) is 1.83. The van der Waals surface area contributed by atoms with Crippen molar-refractivity contribution in [2.45, 2.75) is 13.3 Å². The van der Waals surface area contributed by atoms with Crippen LogP contribution in [0.3, 0.4) is 0 Å². The van der Waals surface area contributed by atoms with Gasteiger partial charge >= 0.3 is 0 Å².